The van der Waals surface area contributed by atoms with E-state index in [4.69, 9.17) is 19.7 Å². The summed E-state index contributed by atoms with van der Waals surface area (Å²) in [5.74, 6) is 3.79. The Morgan fingerprint density at radius 1 is 0.455 bits per heavy atom. The number of rotatable bonds is 27. The predicted molar refractivity (Wildman–Crippen MR) is 405 cm³/mol. The van der Waals surface area contributed by atoms with Crippen LogP contribution in [0.15, 0.2) is 147 Å². The molecule has 0 spiro atoms. The van der Waals surface area contributed by atoms with Crippen LogP contribution >= 0.6 is 0 Å². The summed E-state index contributed by atoms with van der Waals surface area (Å²) in [7, 11) is 6.69. The number of methoxy groups -OCH3 is 2. The molecule has 3 aliphatic carbocycles. The van der Waals surface area contributed by atoms with E-state index in [2.05, 4.69) is 87.0 Å². The van der Waals surface area contributed by atoms with E-state index in [1.807, 2.05) is 141 Å². The molecule has 5 amide bonds. The largest absolute Gasteiger partial charge is 0.395 e. The first-order chi connectivity index (χ1) is 54.5. The van der Waals surface area contributed by atoms with Crippen LogP contribution in [0.2, 0.25) is 0 Å². The van der Waals surface area contributed by atoms with Gasteiger partial charge in [0.1, 0.15) is 30.6 Å². The molecular formula is C75H79N29O8. The average molecular weight is 1510 g/mol. The standard InChI is InChI=1S/C26H28N10O3.C25H26N10O3.C24H25N9O2/c1-33(9-10-39-2)25(37)16-34-13-19(12-27-34)18-5-7-23-30-31-24(35(23)14-18)11-20-6-8-22-28-21(15-36(22)32-20)29-26(38)17-3-4-17;1-32(8-9-36)24(37)15-33-12-18(11-26-33)17-4-6-22-29-30-23(34(22)13-17)10-19-5-7-21-27-20(14-35(21)31-19)28-25(38)16-2-3-16;1-15(19-6-8-21-26-20(14-33(21)30-19)27-24(34)16-3-4-16)23-29-28-22-7-5-17(13-32(22)23)18-11-25-31(12-18)9-10-35-2/h5-8,12-15,17H,3-4,9-11,16H2,1-2H3,(H,29,38);4-7,11-14,16,36H,2-3,8-10,15H2,1H3,(H,28,38);5-8,11-16H,3-4,9-10H2,1-2H3,(H,27,34). The highest BCUT2D eigenvalue weighted by atomic mass is 16.5. The summed E-state index contributed by atoms with van der Waals surface area (Å²) in [5, 5.41) is 70.9. The number of nitrogens with one attached hydrogen (secondary N) is 3. The Kier molecular flexibility index (Phi) is 20.6. The Balaban J connectivity index is 0.000000127. The van der Waals surface area contributed by atoms with Gasteiger partial charge >= 0.3 is 0 Å². The first-order valence-electron chi connectivity index (χ1n) is 36.7. The molecule has 3 saturated carbocycles. The van der Waals surface area contributed by atoms with Crippen molar-refractivity contribution >= 4 is 80.9 Å². The Hall–Kier alpha value is -13.4. The molecule has 112 heavy (non-hydrogen) atoms. The number of aromatic nitrogens is 24. The number of pyridine rings is 3. The van der Waals surface area contributed by atoms with E-state index in [0.717, 1.165) is 106 Å². The van der Waals surface area contributed by atoms with Crippen molar-refractivity contribution in [2.75, 3.05) is 77.2 Å². The van der Waals surface area contributed by atoms with Crippen molar-refractivity contribution in [3.63, 3.8) is 0 Å². The minimum atomic E-state index is -0.134. The van der Waals surface area contributed by atoms with Crippen LogP contribution in [0.3, 0.4) is 0 Å². The van der Waals surface area contributed by atoms with Crippen molar-refractivity contribution in [2.24, 2.45) is 17.8 Å². The van der Waals surface area contributed by atoms with Crippen LogP contribution in [0.1, 0.15) is 85.9 Å². The molecule has 0 bridgehead atoms. The van der Waals surface area contributed by atoms with E-state index in [9.17, 15) is 24.0 Å². The van der Waals surface area contributed by atoms with Gasteiger partial charge in [0.05, 0.1) is 99.4 Å². The van der Waals surface area contributed by atoms with Crippen LogP contribution < -0.4 is 16.0 Å². The second kappa shape index (κ2) is 31.7. The third-order valence-corrected chi connectivity index (χ3v) is 19.5. The molecule has 1 unspecified atom stereocenters. The molecule has 0 aliphatic heterocycles. The molecule has 37 nitrogen and oxygen atoms in total. The van der Waals surface area contributed by atoms with E-state index in [1.165, 1.54) is 4.90 Å². The number of hydrogen-bond donors (Lipinski definition) is 4. The van der Waals surface area contributed by atoms with Gasteiger partial charge in [0.15, 0.2) is 51.3 Å². The number of ether oxygens (including phenoxy) is 2. The zero-order chi connectivity index (χ0) is 77.1. The van der Waals surface area contributed by atoms with Gasteiger partial charge < -0.3 is 40.3 Å². The van der Waals surface area contributed by atoms with Crippen LogP contribution in [0, 0.1) is 17.8 Å². The maximum atomic E-state index is 12.4. The topological polar surface area (TPSA) is 401 Å². The Morgan fingerprint density at radius 2 is 0.857 bits per heavy atom. The van der Waals surface area contributed by atoms with Gasteiger partial charge in [-0.25, -0.2) is 28.5 Å². The number of hydrogen-bond acceptors (Lipinski definition) is 23. The van der Waals surface area contributed by atoms with Crippen LogP contribution in [0.4, 0.5) is 17.5 Å². The molecule has 0 radical (unpaired) electrons. The lowest BCUT2D eigenvalue weighted by molar-refractivity contribution is -0.132. The maximum Gasteiger partial charge on any atom is 0.244 e. The lowest BCUT2D eigenvalue weighted by Crippen LogP contribution is -2.32. The molecule has 3 fully saturated rings. The number of anilines is 3. The van der Waals surface area contributed by atoms with Crippen LogP contribution in [0.25, 0.3) is 67.3 Å². The highest BCUT2D eigenvalue weighted by molar-refractivity contribution is 5.95. The van der Waals surface area contributed by atoms with Gasteiger partial charge in [-0.3, -0.25) is 51.2 Å². The number of aliphatic hydroxyl groups excluding tert-OH is 1. The SMILES string of the molecule is CN(CCO)C(=O)Cn1cc(-c2ccc3nnc(Cc4ccc5nc(NC(=O)C6CC6)cn5n4)n3c2)cn1.COCCN(C)C(=O)Cn1cc(-c2ccc3nnc(Cc4ccc5nc(NC(=O)C6CC6)cn5n4)n3c2)cn1.COCCn1cc(-c2ccc3nnc(C(C)c4ccc5nc(NC(=O)C6CC6)cn5n4)n3c2)cn1. The van der Waals surface area contributed by atoms with Crippen molar-refractivity contribution < 1.29 is 38.6 Å². The third-order valence-electron chi connectivity index (χ3n) is 19.5. The van der Waals surface area contributed by atoms with E-state index in [-0.39, 0.29) is 79.4 Å². The molecule has 3 aliphatic rings. The van der Waals surface area contributed by atoms with E-state index in [1.54, 1.807) is 87.1 Å². The fourth-order valence-electron chi connectivity index (χ4n) is 12.5. The summed E-state index contributed by atoms with van der Waals surface area (Å²) < 4.78 is 26.1. The number of fused-ring (bicyclic) bond motifs is 6. The molecule has 15 aromatic heterocycles. The molecule has 37 heteroatoms. The number of carbonyl (C=O) groups excluding carboxylic acids is 5. The zero-order valence-corrected chi connectivity index (χ0v) is 61.9. The highest BCUT2D eigenvalue weighted by Gasteiger charge is 2.32. The monoisotopic (exact) mass is 1510 g/mol. The molecule has 1 atom stereocenters. The van der Waals surface area contributed by atoms with E-state index >= 15 is 0 Å². The average Bonchev–Trinajstić information content (AvgIpc) is 1.65. The molecular weight excluding hydrogens is 1440 g/mol. The molecule has 4 N–H and O–H groups in total. The number of likely N-dealkylation sites (N-methyl/N-ethyl adjacent to an activating group) is 2. The van der Waals surface area contributed by atoms with Crippen molar-refractivity contribution in [3.8, 4) is 33.4 Å². The Labute approximate surface area is 637 Å². The summed E-state index contributed by atoms with van der Waals surface area (Å²) in [6, 6.07) is 23.0. The van der Waals surface area contributed by atoms with Gasteiger partial charge in [0, 0.05) is 130 Å². The summed E-state index contributed by atoms with van der Waals surface area (Å²) in [6.07, 6.45) is 28.6. The van der Waals surface area contributed by atoms with Gasteiger partial charge in [-0.15, -0.1) is 30.6 Å². The van der Waals surface area contributed by atoms with Crippen LogP contribution in [-0.4, -0.2) is 223 Å². The second-order valence-corrected chi connectivity index (χ2v) is 28.0. The normalized spacial score (nSPS) is 13.7. The minimum Gasteiger partial charge on any atom is -0.395 e. The Bertz CT molecular complexity index is 5980. The zero-order valence-electron chi connectivity index (χ0n) is 61.9. The smallest absolute Gasteiger partial charge is 0.244 e. The molecule has 18 rings (SSSR count). The molecule has 15 aromatic rings. The van der Waals surface area contributed by atoms with Crippen LogP contribution in [0.5, 0.6) is 0 Å². The predicted octanol–water partition coefficient (Wildman–Crippen LogP) is 5.49. The summed E-state index contributed by atoms with van der Waals surface area (Å²) in [4.78, 5) is 77.3. The quantitative estimate of drug-likeness (QED) is 0.0494. The number of aliphatic hydroxyl groups is 1. The molecule has 15 heterocycles. The van der Waals surface area contributed by atoms with E-state index < -0.39 is 0 Å². The number of amides is 5. The summed E-state index contributed by atoms with van der Waals surface area (Å²) in [6.45, 7) is 4.79. The second-order valence-electron chi connectivity index (χ2n) is 28.0. The lowest BCUT2D eigenvalue weighted by atomic mass is 10.1. The van der Waals surface area contributed by atoms with Gasteiger partial charge in [-0.2, -0.15) is 30.6 Å². The lowest BCUT2D eigenvalue weighted by Gasteiger charge is -2.16. The van der Waals surface area contributed by atoms with Gasteiger partial charge in [-0.05, 0) is 118 Å². The number of nitrogens with zero attached hydrogens (tertiary/aromatic N) is 26. The Morgan fingerprint density at radius 3 is 1.31 bits per heavy atom. The summed E-state index contributed by atoms with van der Waals surface area (Å²) >= 11 is 0. The van der Waals surface area contributed by atoms with Crippen molar-refractivity contribution in [3.05, 3.63) is 182 Å². The van der Waals surface area contributed by atoms with Crippen molar-refractivity contribution in [1.82, 2.24) is 127 Å². The molecule has 572 valence electrons. The first kappa shape index (κ1) is 72.8. The molecule has 0 aromatic carbocycles. The number of imidazole rings is 3. The van der Waals surface area contributed by atoms with Gasteiger partial charge in [-0.1, -0.05) is 0 Å². The molecule has 0 saturated heterocycles. The van der Waals surface area contributed by atoms with Crippen LogP contribution in [-0.2, 0) is 65.9 Å². The fourth-order valence-corrected chi connectivity index (χ4v) is 12.5. The minimum absolute atomic E-state index is 0.00513. The highest BCUT2D eigenvalue weighted by Crippen LogP contribution is 2.33. The van der Waals surface area contributed by atoms with E-state index in [0.29, 0.717) is 90.7 Å². The number of carbonyl (C=O) groups is 5. The van der Waals surface area contributed by atoms with Crippen molar-refractivity contribution in [2.45, 2.75) is 83.8 Å². The first-order valence-corrected chi connectivity index (χ1v) is 36.7. The van der Waals surface area contributed by atoms with Crippen molar-refractivity contribution in [1.29, 1.82) is 0 Å². The fraction of sp³-hybridized carbons (Fsp3) is 0.333. The third kappa shape index (κ3) is 16.6. The maximum absolute atomic E-state index is 12.4. The van der Waals surface area contributed by atoms with Gasteiger partial charge in [0.2, 0.25) is 29.5 Å². The summed E-state index contributed by atoms with van der Waals surface area (Å²) in [5.41, 5.74) is 12.1. The van der Waals surface area contributed by atoms with Gasteiger partial charge in [0.25, 0.3) is 0 Å².